The Kier molecular flexibility index (Phi) is 2.03. The van der Waals surface area contributed by atoms with E-state index in [-0.39, 0.29) is 23.4 Å². The summed E-state index contributed by atoms with van der Waals surface area (Å²) in [5, 5.41) is 0. The molecule has 0 spiro atoms. The van der Waals surface area contributed by atoms with Gasteiger partial charge >= 0.3 is 0 Å². The Morgan fingerprint density at radius 1 is 1.13 bits per heavy atom. The summed E-state index contributed by atoms with van der Waals surface area (Å²) in [4.78, 5) is 23.1. The number of carbonyl (C=O) groups is 2. The van der Waals surface area contributed by atoms with Crippen LogP contribution >= 0.6 is 0 Å². The molecule has 0 aliphatic heterocycles. The Balaban J connectivity index is 2.68. The van der Waals surface area contributed by atoms with Crippen LogP contribution in [0.15, 0.2) is 18.2 Å². The molecule has 0 aromatic heterocycles. The summed E-state index contributed by atoms with van der Waals surface area (Å²) >= 11 is 0. The third-order valence-corrected chi connectivity index (χ3v) is 2.79. The normalized spacial score (nSPS) is 15.7. The zero-order chi connectivity index (χ0) is 11.2. The van der Waals surface area contributed by atoms with Crippen LogP contribution in [-0.2, 0) is 16.6 Å². The van der Waals surface area contributed by atoms with Gasteiger partial charge in [-0.2, -0.15) is 0 Å². The molecule has 1 aromatic rings. The van der Waals surface area contributed by atoms with E-state index in [4.69, 9.17) is 0 Å². The first-order chi connectivity index (χ1) is 6.91. The third kappa shape index (κ3) is 1.50. The Morgan fingerprint density at radius 3 is 2.40 bits per heavy atom. The summed E-state index contributed by atoms with van der Waals surface area (Å²) < 4.78 is 0. The fourth-order valence-electron chi connectivity index (χ4n) is 2.03. The molecule has 0 saturated heterocycles. The van der Waals surface area contributed by atoms with Crippen molar-refractivity contribution < 1.29 is 9.59 Å². The molecule has 1 aromatic carbocycles. The minimum Gasteiger partial charge on any atom is -0.290 e. The molecule has 0 fully saturated rings. The monoisotopic (exact) mass is 202 g/mol. The maximum absolute atomic E-state index is 11.7. The first-order valence-corrected chi connectivity index (χ1v) is 5.11. The molecule has 0 amide bonds. The van der Waals surface area contributed by atoms with Gasteiger partial charge in [0.05, 0.1) is 0 Å². The number of hydrogen-bond acceptors (Lipinski definition) is 2. The van der Waals surface area contributed by atoms with Crippen molar-refractivity contribution in [3.05, 3.63) is 34.9 Å². The number of hydrogen-bond donors (Lipinski definition) is 0. The van der Waals surface area contributed by atoms with Crippen molar-refractivity contribution in [3.63, 3.8) is 0 Å². The predicted molar refractivity (Wildman–Crippen MR) is 58.2 cm³/mol. The van der Waals surface area contributed by atoms with E-state index in [0.717, 1.165) is 11.1 Å². The lowest BCUT2D eigenvalue weighted by Crippen LogP contribution is -2.17. The second-order valence-corrected chi connectivity index (χ2v) is 5.02. The first-order valence-electron chi connectivity index (χ1n) is 5.11. The van der Waals surface area contributed by atoms with Gasteiger partial charge in [0.15, 0.2) is 0 Å². The van der Waals surface area contributed by atoms with Crippen LogP contribution in [-0.4, -0.2) is 11.6 Å². The van der Waals surface area contributed by atoms with Gasteiger partial charge in [-0.3, -0.25) is 9.59 Å². The van der Waals surface area contributed by atoms with Gasteiger partial charge in [0.2, 0.25) is 11.6 Å². The molecule has 0 heterocycles. The van der Waals surface area contributed by atoms with Crippen molar-refractivity contribution in [1.82, 2.24) is 0 Å². The van der Waals surface area contributed by atoms with Gasteiger partial charge in [-0.15, -0.1) is 0 Å². The van der Waals surface area contributed by atoms with E-state index in [1.165, 1.54) is 0 Å². The fraction of sp³-hybridized carbons (Fsp3) is 0.385. The van der Waals surface area contributed by atoms with Gasteiger partial charge in [-0.1, -0.05) is 39.0 Å². The molecular formula is C13H14O2. The van der Waals surface area contributed by atoms with Crippen LogP contribution in [0.5, 0.6) is 0 Å². The summed E-state index contributed by atoms with van der Waals surface area (Å²) in [5.41, 5.74) is 2.43. The predicted octanol–water partition coefficient (Wildman–Crippen LogP) is 2.29. The molecule has 0 saturated carbocycles. The summed E-state index contributed by atoms with van der Waals surface area (Å²) in [7, 11) is 0. The molecular weight excluding hydrogens is 188 g/mol. The molecule has 0 bridgehead atoms. The number of carbonyl (C=O) groups excluding carboxylic acids is 2. The lowest BCUT2D eigenvalue weighted by molar-refractivity contribution is -0.114. The average molecular weight is 202 g/mol. The average Bonchev–Trinajstić information content (AvgIpc) is 2.41. The summed E-state index contributed by atoms with van der Waals surface area (Å²) in [6.45, 7) is 6.16. The van der Waals surface area contributed by atoms with Crippen LogP contribution in [0.4, 0.5) is 0 Å². The zero-order valence-electron chi connectivity index (χ0n) is 9.26. The number of Topliss-reactive ketones (excluding diaryl/α,β-unsaturated/α-hetero) is 2. The highest BCUT2D eigenvalue weighted by molar-refractivity contribution is 6.47. The highest BCUT2D eigenvalue weighted by Gasteiger charge is 2.33. The van der Waals surface area contributed by atoms with Crippen LogP contribution in [0.3, 0.4) is 0 Å². The number of benzene rings is 1. The van der Waals surface area contributed by atoms with E-state index in [1.54, 1.807) is 0 Å². The Bertz CT molecular complexity index is 450. The lowest BCUT2D eigenvalue weighted by atomic mass is 9.82. The molecule has 1 aliphatic rings. The van der Waals surface area contributed by atoms with E-state index in [2.05, 4.69) is 20.8 Å². The quantitative estimate of drug-likeness (QED) is 0.605. The van der Waals surface area contributed by atoms with Gasteiger partial charge in [-0.25, -0.2) is 0 Å². The summed E-state index contributed by atoms with van der Waals surface area (Å²) in [6.07, 6.45) is 0.276. The third-order valence-electron chi connectivity index (χ3n) is 2.79. The van der Waals surface area contributed by atoms with Crippen LogP contribution in [0.2, 0.25) is 0 Å². The Labute approximate surface area is 89.3 Å². The molecule has 2 heteroatoms. The van der Waals surface area contributed by atoms with E-state index in [0.29, 0.717) is 5.56 Å². The standard InChI is InChI=1S/C13H14O2/c1-13(2,3)9-6-4-5-8-7-10(14)12(15)11(8)9/h4-6H,7H2,1-3H3. The van der Waals surface area contributed by atoms with Gasteiger partial charge in [0.1, 0.15) is 0 Å². The van der Waals surface area contributed by atoms with E-state index >= 15 is 0 Å². The van der Waals surface area contributed by atoms with Gasteiger partial charge in [-0.05, 0) is 16.5 Å². The Hall–Kier alpha value is -1.44. The molecule has 2 rings (SSSR count). The van der Waals surface area contributed by atoms with Crippen molar-refractivity contribution in [2.24, 2.45) is 0 Å². The number of rotatable bonds is 0. The van der Waals surface area contributed by atoms with Crippen molar-refractivity contribution >= 4 is 11.6 Å². The summed E-state index contributed by atoms with van der Waals surface area (Å²) in [6, 6.07) is 5.73. The summed E-state index contributed by atoms with van der Waals surface area (Å²) in [5.74, 6) is -0.586. The minimum atomic E-state index is -0.310. The zero-order valence-corrected chi connectivity index (χ0v) is 9.26. The molecule has 1 aliphatic carbocycles. The maximum Gasteiger partial charge on any atom is 0.229 e. The van der Waals surface area contributed by atoms with Gasteiger partial charge < -0.3 is 0 Å². The van der Waals surface area contributed by atoms with E-state index < -0.39 is 0 Å². The highest BCUT2D eigenvalue weighted by Crippen LogP contribution is 2.31. The number of fused-ring (bicyclic) bond motifs is 1. The lowest BCUT2D eigenvalue weighted by Gasteiger charge is -2.21. The van der Waals surface area contributed by atoms with Crippen LogP contribution in [0, 0.1) is 0 Å². The van der Waals surface area contributed by atoms with Crippen LogP contribution < -0.4 is 0 Å². The van der Waals surface area contributed by atoms with Crippen molar-refractivity contribution in [3.8, 4) is 0 Å². The van der Waals surface area contributed by atoms with Crippen LogP contribution in [0.1, 0.15) is 42.3 Å². The minimum absolute atomic E-state index is 0.0916. The molecule has 0 unspecified atom stereocenters. The van der Waals surface area contributed by atoms with Gasteiger partial charge in [0.25, 0.3) is 0 Å². The molecule has 0 atom stereocenters. The SMILES string of the molecule is CC(C)(C)c1cccc2c1C(=O)C(=O)C2. The van der Waals surface area contributed by atoms with Crippen molar-refractivity contribution in [2.75, 3.05) is 0 Å². The largest absolute Gasteiger partial charge is 0.290 e. The van der Waals surface area contributed by atoms with E-state index in [9.17, 15) is 9.59 Å². The molecule has 2 nitrogen and oxygen atoms in total. The topological polar surface area (TPSA) is 34.1 Å². The second kappa shape index (κ2) is 3.02. The molecule has 15 heavy (non-hydrogen) atoms. The van der Waals surface area contributed by atoms with E-state index in [1.807, 2.05) is 18.2 Å². The van der Waals surface area contributed by atoms with Crippen molar-refractivity contribution in [2.45, 2.75) is 32.6 Å². The molecule has 0 N–H and O–H groups in total. The fourth-order valence-corrected chi connectivity index (χ4v) is 2.03. The molecule has 78 valence electrons. The highest BCUT2D eigenvalue weighted by atomic mass is 16.2. The first kappa shape index (κ1) is 10.1. The number of ketones is 2. The van der Waals surface area contributed by atoms with Crippen molar-refractivity contribution in [1.29, 1.82) is 0 Å². The maximum atomic E-state index is 11.7. The van der Waals surface area contributed by atoms with Crippen LogP contribution in [0.25, 0.3) is 0 Å². The molecule has 0 radical (unpaired) electrons. The smallest absolute Gasteiger partial charge is 0.229 e. The Morgan fingerprint density at radius 2 is 1.80 bits per heavy atom. The van der Waals surface area contributed by atoms with Gasteiger partial charge in [0, 0.05) is 12.0 Å². The second-order valence-electron chi connectivity index (χ2n) is 5.02.